The Morgan fingerprint density at radius 3 is 3.07 bits per heavy atom. The van der Waals surface area contributed by atoms with E-state index in [1.807, 2.05) is 0 Å². The molecule has 0 saturated heterocycles. The van der Waals surface area contributed by atoms with Crippen LogP contribution in [0.4, 0.5) is 5.69 Å². The van der Waals surface area contributed by atoms with E-state index in [2.05, 4.69) is 0 Å². The number of anilines is 1. The average molecular weight is 202 g/mol. The number of carbonyl (C=O) groups is 1. The van der Waals surface area contributed by atoms with Gasteiger partial charge in [-0.25, -0.2) is 0 Å². The van der Waals surface area contributed by atoms with Gasteiger partial charge in [0.25, 0.3) is 0 Å². The van der Waals surface area contributed by atoms with Gasteiger partial charge in [0.1, 0.15) is 26.2 Å². The molecule has 0 aliphatic carbocycles. The molecule has 4 nitrogen and oxygen atoms in total. The van der Waals surface area contributed by atoms with Crippen molar-refractivity contribution >= 4 is 24.9 Å². The largest absolute Gasteiger partial charge is 0.489 e. The van der Waals surface area contributed by atoms with Crippen molar-refractivity contribution in [1.29, 1.82) is 0 Å². The fourth-order valence-corrected chi connectivity index (χ4v) is 1.54. The summed E-state index contributed by atoms with van der Waals surface area (Å²) in [6, 6.07) is 4.55. The lowest BCUT2D eigenvalue weighted by atomic mass is 9.95. The molecule has 1 atom stereocenters. The molecule has 76 valence electrons. The zero-order valence-corrected chi connectivity index (χ0v) is 8.43. The molecule has 0 saturated carbocycles. The van der Waals surface area contributed by atoms with Crippen LogP contribution in [0.1, 0.15) is 0 Å². The quantitative estimate of drug-likeness (QED) is 0.558. The Balaban J connectivity index is 2.48. The maximum absolute atomic E-state index is 11.7. The predicted molar refractivity (Wildman–Crippen MR) is 58.7 cm³/mol. The average Bonchev–Trinajstić information content (AvgIpc) is 2.32. The SMILES string of the molecule is [B]c1ccc2c(c1)N(C)C(=O)[C@@H](N)CO2. The van der Waals surface area contributed by atoms with Gasteiger partial charge in [-0.2, -0.15) is 0 Å². The second-order valence-corrected chi connectivity index (χ2v) is 3.54. The second-order valence-electron chi connectivity index (χ2n) is 3.54. The molecule has 0 aromatic heterocycles. The number of hydrogen-bond donors (Lipinski definition) is 1. The molecule has 0 bridgehead atoms. The first kappa shape index (κ1) is 10.0. The summed E-state index contributed by atoms with van der Waals surface area (Å²) < 4.78 is 5.41. The third kappa shape index (κ3) is 1.70. The van der Waals surface area contributed by atoms with Crippen molar-refractivity contribution in [3.8, 4) is 5.75 Å². The van der Waals surface area contributed by atoms with Gasteiger partial charge in [-0.05, 0) is 12.1 Å². The van der Waals surface area contributed by atoms with E-state index < -0.39 is 6.04 Å². The topological polar surface area (TPSA) is 55.6 Å². The van der Waals surface area contributed by atoms with E-state index in [0.29, 0.717) is 16.9 Å². The molecular weight excluding hydrogens is 191 g/mol. The molecule has 1 aliphatic heterocycles. The summed E-state index contributed by atoms with van der Waals surface area (Å²) in [5.41, 5.74) is 6.89. The van der Waals surface area contributed by atoms with Crippen molar-refractivity contribution in [2.45, 2.75) is 6.04 Å². The number of carbonyl (C=O) groups excluding carboxylic acids is 1. The molecule has 1 amide bonds. The van der Waals surface area contributed by atoms with Crippen molar-refractivity contribution in [3.05, 3.63) is 18.2 Å². The Morgan fingerprint density at radius 2 is 2.33 bits per heavy atom. The van der Waals surface area contributed by atoms with Gasteiger partial charge in [-0.1, -0.05) is 11.5 Å². The fourth-order valence-electron chi connectivity index (χ4n) is 1.54. The highest BCUT2D eigenvalue weighted by atomic mass is 16.5. The number of nitrogens with zero attached hydrogens (tertiary/aromatic N) is 1. The summed E-state index contributed by atoms with van der Waals surface area (Å²) in [5.74, 6) is 0.465. The molecule has 15 heavy (non-hydrogen) atoms. The molecule has 0 spiro atoms. The number of likely N-dealkylation sites (N-methyl/N-ethyl adjacent to an activating group) is 1. The second kappa shape index (κ2) is 3.58. The molecule has 2 N–H and O–H groups in total. The van der Waals surface area contributed by atoms with Gasteiger partial charge in [0.05, 0.1) is 5.69 Å². The van der Waals surface area contributed by atoms with Crippen molar-refractivity contribution in [2.24, 2.45) is 5.73 Å². The summed E-state index contributed by atoms with van der Waals surface area (Å²) in [4.78, 5) is 13.2. The van der Waals surface area contributed by atoms with E-state index in [1.54, 1.807) is 25.2 Å². The monoisotopic (exact) mass is 202 g/mol. The zero-order valence-electron chi connectivity index (χ0n) is 8.43. The van der Waals surface area contributed by atoms with E-state index in [4.69, 9.17) is 18.3 Å². The smallest absolute Gasteiger partial charge is 0.247 e. The van der Waals surface area contributed by atoms with Crippen LogP contribution in [0.3, 0.4) is 0 Å². The van der Waals surface area contributed by atoms with E-state index >= 15 is 0 Å². The first-order valence-electron chi connectivity index (χ1n) is 4.65. The van der Waals surface area contributed by atoms with Crippen LogP contribution >= 0.6 is 0 Å². The van der Waals surface area contributed by atoms with Crippen LogP contribution in [0.5, 0.6) is 5.75 Å². The minimum atomic E-state index is -0.622. The van der Waals surface area contributed by atoms with Crippen LogP contribution in [-0.2, 0) is 4.79 Å². The van der Waals surface area contributed by atoms with Crippen molar-refractivity contribution in [2.75, 3.05) is 18.6 Å². The Morgan fingerprint density at radius 1 is 1.60 bits per heavy atom. The van der Waals surface area contributed by atoms with Crippen LogP contribution in [0.25, 0.3) is 0 Å². The van der Waals surface area contributed by atoms with Crippen molar-refractivity contribution in [3.63, 3.8) is 0 Å². The third-order valence-corrected chi connectivity index (χ3v) is 2.41. The number of fused-ring (bicyclic) bond motifs is 1. The normalized spacial score (nSPS) is 20.5. The minimum absolute atomic E-state index is 0.167. The lowest BCUT2D eigenvalue weighted by molar-refractivity contribution is -0.119. The molecule has 2 rings (SSSR count). The molecule has 5 heteroatoms. The van der Waals surface area contributed by atoms with E-state index in [1.165, 1.54) is 4.90 Å². The molecule has 1 heterocycles. The highest BCUT2D eigenvalue weighted by molar-refractivity contribution is 6.32. The van der Waals surface area contributed by atoms with E-state index in [-0.39, 0.29) is 12.5 Å². The number of hydrogen-bond acceptors (Lipinski definition) is 3. The number of nitrogens with two attached hydrogens (primary N) is 1. The lowest BCUT2D eigenvalue weighted by Crippen LogP contribution is -2.43. The molecular formula is C10H11BN2O2. The van der Waals surface area contributed by atoms with Crippen molar-refractivity contribution in [1.82, 2.24) is 0 Å². The summed E-state index contributed by atoms with van der Waals surface area (Å²) in [5, 5.41) is 0. The van der Waals surface area contributed by atoms with Gasteiger partial charge in [-0.15, -0.1) is 0 Å². The molecule has 1 aliphatic rings. The molecule has 0 fully saturated rings. The predicted octanol–water partition coefficient (Wildman–Crippen LogP) is -0.837. The fraction of sp³-hybridized carbons (Fsp3) is 0.300. The zero-order chi connectivity index (χ0) is 11.0. The summed E-state index contributed by atoms with van der Waals surface area (Å²) in [6.07, 6.45) is 0. The van der Waals surface area contributed by atoms with Crippen LogP contribution < -0.4 is 20.8 Å². The van der Waals surface area contributed by atoms with E-state index in [9.17, 15) is 4.79 Å². The number of rotatable bonds is 0. The Hall–Kier alpha value is -1.49. The Kier molecular flexibility index (Phi) is 2.40. The maximum Gasteiger partial charge on any atom is 0.247 e. The Labute approximate surface area is 89.4 Å². The number of benzene rings is 1. The van der Waals surface area contributed by atoms with Gasteiger partial charge < -0.3 is 15.4 Å². The standard InChI is InChI=1S/C10H11BN2O2/c1-13-8-4-6(11)2-3-9(8)15-5-7(12)10(13)14/h2-4,7H,5,12H2,1H3/t7-/m0/s1. The van der Waals surface area contributed by atoms with Crippen LogP contribution in [0.2, 0.25) is 0 Å². The molecule has 2 radical (unpaired) electrons. The van der Waals surface area contributed by atoms with Crippen molar-refractivity contribution < 1.29 is 9.53 Å². The van der Waals surface area contributed by atoms with Gasteiger partial charge >= 0.3 is 0 Å². The summed E-state index contributed by atoms with van der Waals surface area (Å²) in [7, 11) is 7.31. The highest BCUT2D eigenvalue weighted by Gasteiger charge is 2.26. The first-order valence-corrected chi connectivity index (χ1v) is 4.65. The van der Waals surface area contributed by atoms with Gasteiger partial charge in [0.15, 0.2) is 0 Å². The molecule has 1 aromatic carbocycles. The number of amides is 1. The first-order chi connectivity index (χ1) is 7.09. The van der Waals surface area contributed by atoms with Gasteiger partial charge in [0.2, 0.25) is 5.91 Å². The highest BCUT2D eigenvalue weighted by Crippen LogP contribution is 2.28. The third-order valence-electron chi connectivity index (χ3n) is 2.41. The summed E-state index contributed by atoms with van der Waals surface area (Å²) >= 11 is 0. The Bertz CT molecular complexity index is 408. The minimum Gasteiger partial charge on any atom is -0.489 e. The van der Waals surface area contributed by atoms with Crippen LogP contribution in [0, 0.1) is 0 Å². The van der Waals surface area contributed by atoms with Gasteiger partial charge in [0, 0.05) is 7.05 Å². The molecule has 1 aromatic rings. The lowest BCUT2D eigenvalue weighted by Gasteiger charge is -2.17. The molecule has 0 unspecified atom stereocenters. The summed E-state index contributed by atoms with van der Waals surface area (Å²) in [6.45, 7) is 0.195. The van der Waals surface area contributed by atoms with E-state index in [0.717, 1.165) is 0 Å². The number of ether oxygens (including phenoxy) is 1. The maximum atomic E-state index is 11.7. The van der Waals surface area contributed by atoms with Crippen LogP contribution in [-0.4, -0.2) is 33.4 Å². The van der Waals surface area contributed by atoms with Gasteiger partial charge in [-0.3, -0.25) is 4.79 Å². The van der Waals surface area contributed by atoms with Crippen LogP contribution in [0.15, 0.2) is 18.2 Å².